The number of hydrogen-bond donors (Lipinski definition) is 2. The molecule has 178 valence electrons. The number of benzene rings is 2. The van der Waals surface area contributed by atoms with E-state index in [-0.39, 0.29) is 0 Å². The number of nitrogens with zero attached hydrogens (tertiary/aromatic N) is 2. The van der Waals surface area contributed by atoms with Crippen LogP contribution in [0.2, 0.25) is 5.02 Å². The largest absolute Gasteiger partial charge is 0.494 e. The number of carbonyl (C=O) groups is 1. The van der Waals surface area contributed by atoms with Crippen LogP contribution in [0.15, 0.2) is 24.3 Å². The first kappa shape index (κ1) is 23.9. The highest BCUT2D eigenvalue weighted by Gasteiger charge is 2.22. The fraction of sp³-hybridized carbons (Fsp3) is 0.333. The number of carbonyl (C=O) groups excluding carboxylic acids is 1. The number of H-pyrrole nitrogens is 1. The second-order valence-electron chi connectivity index (χ2n) is 9.02. The summed E-state index contributed by atoms with van der Waals surface area (Å²) in [7, 11) is 1.94. The van der Waals surface area contributed by atoms with Gasteiger partial charge in [0.15, 0.2) is 0 Å². The van der Waals surface area contributed by atoms with Gasteiger partial charge in [-0.3, -0.25) is 9.48 Å². The third-order valence-electron chi connectivity index (χ3n) is 6.55. The van der Waals surface area contributed by atoms with E-state index in [1.165, 1.54) is 0 Å². The first-order chi connectivity index (χ1) is 16.1. The highest BCUT2D eigenvalue weighted by atomic mass is 35.5. The summed E-state index contributed by atoms with van der Waals surface area (Å²) in [6.45, 7) is 10.6. The summed E-state index contributed by atoms with van der Waals surface area (Å²) in [6, 6.07) is 8.06. The number of nitrogens with one attached hydrogen (secondary N) is 1. The minimum atomic E-state index is -0.459. The molecular weight excluding hydrogens is 448 g/mol. The number of nitrogens with two attached hydrogens (primary N) is 1. The topological polar surface area (TPSA) is 85.9 Å². The number of ether oxygens (including phenoxy) is 1. The lowest BCUT2D eigenvalue weighted by atomic mass is 9.94. The van der Waals surface area contributed by atoms with Gasteiger partial charge in [0.05, 0.1) is 17.8 Å². The lowest BCUT2D eigenvalue weighted by Crippen LogP contribution is -2.14. The van der Waals surface area contributed by atoms with Gasteiger partial charge in [-0.25, -0.2) is 0 Å². The van der Waals surface area contributed by atoms with Gasteiger partial charge in [0.2, 0.25) is 0 Å². The molecule has 3 N–H and O–H groups in total. The monoisotopic (exact) mass is 478 g/mol. The van der Waals surface area contributed by atoms with Gasteiger partial charge >= 0.3 is 0 Å². The van der Waals surface area contributed by atoms with Crippen molar-refractivity contribution in [2.24, 2.45) is 12.8 Å². The number of amides is 1. The molecule has 0 aliphatic carbocycles. The van der Waals surface area contributed by atoms with E-state index in [4.69, 9.17) is 22.1 Å². The summed E-state index contributed by atoms with van der Waals surface area (Å²) in [5, 5.41) is 6.37. The van der Waals surface area contributed by atoms with Gasteiger partial charge in [-0.2, -0.15) is 5.10 Å². The minimum absolute atomic E-state index is 0.458. The molecule has 4 rings (SSSR count). The number of aromatic nitrogens is 3. The van der Waals surface area contributed by atoms with Gasteiger partial charge in [0, 0.05) is 34.3 Å². The average molecular weight is 479 g/mol. The standard InChI is InChI=1S/C27H31ClN4O2/c1-14-9-10-21-20(8-7-11-34-19-12-15(2)24(28)16(3)13-19)26(27(29)33)30-25(21)22(14)23-17(4)31-32(6)18(23)5/h9-10,12-13,30H,7-8,11H2,1-6H3,(H2,29,33). The summed E-state index contributed by atoms with van der Waals surface area (Å²) in [5.74, 6) is 0.341. The summed E-state index contributed by atoms with van der Waals surface area (Å²) in [4.78, 5) is 15.7. The molecule has 0 aliphatic heterocycles. The summed E-state index contributed by atoms with van der Waals surface area (Å²) >= 11 is 6.26. The predicted molar refractivity (Wildman–Crippen MR) is 138 cm³/mol. The quantitative estimate of drug-likeness (QED) is 0.325. The molecule has 7 heteroatoms. The molecule has 6 nitrogen and oxygen atoms in total. The predicted octanol–water partition coefficient (Wildman–Crippen LogP) is 5.87. The number of halogens is 1. The Morgan fingerprint density at radius 2 is 1.76 bits per heavy atom. The van der Waals surface area contributed by atoms with Crippen molar-refractivity contribution in [2.75, 3.05) is 6.61 Å². The molecule has 0 radical (unpaired) electrons. The Balaban J connectivity index is 1.67. The van der Waals surface area contributed by atoms with E-state index < -0.39 is 5.91 Å². The van der Waals surface area contributed by atoms with Crippen molar-refractivity contribution in [1.29, 1.82) is 0 Å². The van der Waals surface area contributed by atoms with Crippen LogP contribution in [0.3, 0.4) is 0 Å². The van der Waals surface area contributed by atoms with E-state index in [2.05, 4.69) is 36.1 Å². The molecule has 2 heterocycles. The number of hydrogen-bond acceptors (Lipinski definition) is 3. The zero-order chi connectivity index (χ0) is 24.7. The highest BCUT2D eigenvalue weighted by molar-refractivity contribution is 6.32. The smallest absolute Gasteiger partial charge is 0.265 e. The molecule has 4 aromatic rings. The summed E-state index contributed by atoms with van der Waals surface area (Å²) < 4.78 is 7.87. The van der Waals surface area contributed by atoms with Gasteiger partial charge in [0.1, 0.15) is 11.4 Å². The summed E-state index contributed by atoms with van der Waals surface area (Å²) in [5.41, 5.74) is 15.4. The van der Waals surface area contributed by atoms with Crippen LogP contribution in [-0.2, 0) is 13.5 Å². The normalized spacial score (nSPS) is 11.4. The van der Waals surface area contributed by atoms with Crippen LogP contribution in [0.5, 0.6) is 5.75 Å². The van der Waals surface area contributed by atoms with Gasteiger partial charge in [-0.15, -0.1) is 0 Å². The second-order valence-corrected chi connectivity index (χ2v) is 9.39. The number of primary amides is 1. The van der Waals surface area contributed by atoms with Crippen molar-refractivity contribution >= 4 is 28.4 Å². The van der Waals surface area contributed by atoms with Crippen LogP contribution in [0.4, 0.5) is 0 Å². The molecule has 0 saturated carbocycles. The maximum atomic E-state index is 12.4. The lowest BCUT2D eigenvalue weighted by molar-refractivity contribution is 0.0995. The first-order valence-corrected chi connectivity index (χ1v) is 11.8. The van der Waals surface area contributed by atoms with E-state index in [1.54, 1.807) is 0 Å². The van der Waals surface area contributed by atoms with Gasteiger partial charge < -0.3 is 15.5 Å². The maximum Gasteiger partial charge on any atom is 0.265 e. The molecule has 2 aromatic heterocycles. The number of rotatable bonds is 7. The SMILES string of the molecule is Cc1cc(OCCCc2c(C(N)=O)[nH]c3c(-c4c(C)nn(C)c4C)c(C)ccc23)cc(C)c1Cl. The van der Waals surface area contributed by atoms with Crippen LogP contribution in [-0.4, -0.2) is 27.3 Å². The Bertz CT molecular complexity index is 1390. The van der Waals surface area contributed by atoms with Crippen molar-refractivity contribution < 1.29 is 9.53 Å². The highest BCUT2D eigenvalue weighted by Crippen LogP contribution is 2.38. The number of aromatic amines is 1. The molecule has 0 atom stereocenters. The van der Waals surface area contributed by atoms with Crippen molar-refractivity contribution in [3.05, 3.63) is 68.6 Å². The maximum absolute atomic E-state index is 12.4. The summed E-state index contributed by atoms with van der Waals surface area (Å²) in [6.07, 6.45) is 1.40. The van der Waals surface area contributed by atoms with Crippen molar-refractivity contribution in [3.8, 4) is 16.9 Å². The fourth-order valence-electron chi connectivity index (χ4n) is 4.78. The van der Waals surface area contributed by atoms with E-state index in [1.807, 2.05) is 44.6 Å². The number of fused-ring (bicyclic) bond motifs is 1. The molecule has 34 heavy (non-hydrogen) atoms. The van der Waals surface area contributed by atoms with E-state index in [0.29, 0.717) is 18.7 Å². The molecule has 0 bridgehead atoms. The Labute approximate surface area is 205 Å². The van der Waals surface area contributed by atoms with Crippen molar-refractivity contribution in [3.63, 3.8) is 0 Å². The Hall–Kier alpha value is -3.25. The van der Waals surface area contributed by atoms with Crippen LogP contribution < -0.4 is 10.5 Å². The molecule has 0 aliphatic rings. The Morgan fingerprint density at radius 3 is 2.35 bits per heavy atom. The second kappa shape index (κ2) is 9.18. The van der Waals surface area contributed by atoms with E-state index in [9.17, 15) is 4.79 Å². The lowest BCUT2D eigenvalue weighted by Gasteiger charge is -2.11. The molecule has 1 amide bonds. The van der Waals surface area contributed by atoms with Gasteiger partial charge in [-0.1, -0.05) is 23.7 Å². The van der Waals surface area contributed by atoms with Crippen molar-refractivity contribution in [2.45, 2.75) is 47.5 Å². The van der Waals surface area contributed by atoms with Crippen LogP contribution in [0.25, 0.3) is 22.0 Å². The zero-order valence-electron chi connectivity index (χ0n) is 20.6. The third-order valence-corrected chi connectivity index (χ3v) is 7.14. The molecule has 0 fully saturated rings. The van der Waals surface area contributed by atoms with Crippen LogP contribution >= 0.6 is 11.6 Å². The molecule has 2 aromatic carbocycles. The van der Waals surface area contributed by atoms with E-state index in [0.717, 1.165) is 72.9 Å². The molecular formula is C27H31ClN4O2. The van der Waals surface area contributed by atoms with Gasteiger partial charge in [0.25, 0.3) is 5.91 Å². The molecule has 0 spiro atoms. The molecule has 0 unspecified atom stereocenters. The fourth-order valence-corrected chi connectivity index (χ4v) is 4.89. The molecule has 0 saturated heterocycles. The third kappa shape index (κ3) is 4.18. The minimum Gasteiger partial charge on any atom is -0.494 e. The average Bonchev–Trinajstić information content (AvgIpc) is 3.26. The Kier molecular flexibility index (Phi) is 6.45. The van der Waals surface area contributed by atoms with Crippen molar-refractivity contribution in [1.82, 2.24) is 14.8 Å². The van der Waals surface area contributed by atoms with E-state index >= 15 is 0 Å². The van der Waals surface area contributed by atoms with Gasteiger partial charge in [-0.05, 0) is 81.8 Å². The van der Waals surface area contributed by atoms with Crippen LogP contribution in [0, 0.1) is 34.6 Å². The number of aryl methyl sites for hydroxylation is 6. The van der Waals surface area contributed by atoms with Crippen LogP contribution in [0.1, 0.15) is 50.6 Å². The Morgan fingerprint density at radius 1 is 1.09 bits per heavy atom. The first-order valence-electron chi connectivity index (χ1n) is 11.4. The zero-order valence-corrected chi connectivity index (χ0v) is 21.4.